The van der Waals surface area contributed by atoms with E-state index in [9.17, 15) is 5.11 Å². The Labute approximate surface area is 124 Å². The molecule has 0 saturated heterocycles. The number of thioether (sulfide) groups is 1. The number of benzene rings is 1. The monoisotopic (exact) mass is 290 g/mol. The summed E-state index contributed by atoms with van der Waals surface area (Å²) in [5, 5.41) is 14.6. The molecule has 107 valence electrons. The van der Waals surface area contributed by atoms with E-state index in [0.29, 0.717) is 5.75 Å². The SMILES string of the molecule is CON=C1CC2(C[CH]C2)Sc2c(C)c(C)c(O)c(C)c21. The van der Waals surface area contributed by atoms with Crippen molar-refractivity contribution in [2.75, 3.05) is 7.11 Å². The summed E-state index contributed by atoms with van der Waals surface area (Å²) in [6.07, 6.45) is 5.49. The van der Waals surface area contributed by atoms with Crippen molar-refractivity contribution in [1.29, 1.82) is 0 Å². The lowest BCUT2D eigenvalue weighted by atomic mass is 9.78. The van der Waals surface area contributed by atoms with E-state index in [1.165, 1.54) is 10.5 Å². The van der Waals surface area contributed by atoms with Crippen LogP contribution in [0.4, 0.5) is 0 Å². The molecule has 1 fully saturated rings. The zero-order valence-corrected chi connectivity index (χ0v) is 13.2. The van der Waals surface area contributed by atoms with E-state index in [0.717, 1.165) is 41.7 Å². The van der Waals surface area contributed by atoms with Crippen LogP contribution in [0.2, 0.25) is 0 Å². The second-order valence-electron chi connectivity index (χ2n) is 5.81. The molecule has 4 heteroatoms. The molecule has 1 aromatic carbocycles. The molecule has 1 saturated carbocycles. The normalized spacial score (nSPS) is 21.7. The highest BCUT2D eigenvalue weighted by Gasteiger charge is 2.45. The lowest BCUT2D eigenvalue weighted by Gasteiger charge is -2.45. The molecule has 0 bridgehead atoms. The molecule has 1 spiro atoms. The largest absolute Gasteiger partial charge is 0.507 e. The molecule has 1 radical (unpaired) electrons. The van der Waals surface area contributed by atoms with Crippen LogP contribution in [-0.2, 0) is 4.84 Å². The highest BCUT2D eigenvalue weighted by atomic mass is 32.2. The Morgan fingerprint density at radius 3 is 2.45 bits per heavy atom. The van der Waals surface area contributed by atoms with Gasteiger partial charge in [-0.05, 0) is 51.2 Å². The van der Waals surface area contributed by atoms with E-state index in [-0.39, 0.29) is 4.75 Å². The van der Waals surface area contributed by atoms with E-state index in [4.69, 9.17) is 4.84 Å². The van der Waals surface area contributed by atoms with Crippen LogP contribution in [0.5, 0.6) is 5.75 Å². The number of hydrogen-bond donors (Lipinski definition) is 1. The minimum absolute atomic E-state index is 0.255. The van der Waals surface area contributed by atoms with Crippen molar-refractivity contribution >= 4 is 17.5 Å². The van der Waals surface area contributed by atoms with Gasteiger partial charge in [-0.2, -0.15) is 0 Å². The molecule has 1 aliphatic heterocycles. The Morgan fingerprint density at radius 2 is 1.90 bits per heavy atom. The Bertz CT molecular complexity index is 603. The van der Waals surface area contributed by atoms with Crippen LogP contribution < -0.4 is 0 Å². The van der Waals surface area contributed by atoms with Gasteiger partial charge in [0.1, 0.15) is 12.9 Å². The lowest BCUT2D eigenvalue weighted by molar-refractivity contribution is 0.212. The first-order chi connectivity index (χ1) is 9.49. The molecule has 0 atom stereocenters. The topological polar surface area (TPSA) is 41.8 Å². The average Bonchev–Trinajstić information content (AvgIpc) is 2.40. The number of fused-ring (bicyclic) bond motifs is 1. The predicted molar refractivity (Wildman–Crippen MR) is 82.6 cm³/mol. The zero-order chi connectivity index (χ0) is 14.5. The van der Waals surface area contributed by atoms with Gasteiger partial charge in [0.05, 0.1) is 5.71 Å². The van der Waals surface area contributed by atoms with Gasteiger partial charge < -0.3 is 9.94 Å². The first-order valence-corrected chi connectivity index (χ1v) is 7.74. The van der Waals surface area contributed by atoms with Gasteiger partial charge in [0.2, 0.25) is 0 Å². The second-order valence-corrected chi connectivity index (χ2v) is 7.29. The van der Waals surface area contributed by atoms with Gasteiger partial charge in [0.25, 0.3) is 0 Å². The van der Waals surface area contributed by atoms with Gasteiger partial charge in [0, 0.05) is 27.2 Å². The van der Waals surface area contributed by atoms with E-state index in [1.54, 1.807) is 7.11 Å². The summed E-state index contributed by atoms with van der Waals surface area (Å²) in [7, 11) is 1.59. The van der Waals surface area contributed by atoms with Gasteiger partial charge >= 0.3 is 0 Å². The number of nitrogens with zero attached hydrogens (tertiary/aromatic N) is 1. The summed E-state index contributed by atoms with van der Waals surface area (Å²) in [5.74, 6) is 0.391. The van der Waals surface area contributed by atoms with E-state index < -0.39 is 0 Å². The number of phenolic OH excluding ortho intramolecular Hbond substituents is 1. The molecule has 20 heavy (non-hydrogen) atoms. The first-order valence-electron chi connectivity index (χ1n) is 6.93. The molecule has 1 aromatic rings. The maximum atomic E-state index is 10.3. The minimum Gasteiger partial charge on any atom is -0.507 e. The van der Waals surface area contributed by atoms with Gasteiger partial charge in [-0.15, -0.1) is 11.8 Å². The fourth-order valence-corrected chi connectivity index (χ4v) is 4.83. The van der Waals surface area contributed by atoms with E-state index in [1.807, 2.05) is 25.6 Å². The van der Waals surface area contributed by atoms with Crippen molar-refractivity contribution in [2.45, 2.75) is 49.7 Å². The molecule has 3 rings (SSSR count). The summed E-state index contributed by atoms with van der Waals surface area (Å²) in [6.45, 7) is 6.04. The Hall–Kier alpha value is -1.16. The summed E-state index contributed by atoms with van der Waals surface area (Å²) in [6, 6.07) is 0. The predicted octanol–water partition coefficient (Wildman–Crippen LogP) is 3.90. The van der Waals surface area contributed by atoms with Crippen LogP contribution in [-0.4, -0.2) is 22.7 Å². The highest BCUT2D eigenvalue weighted by Crippen LogP contribution is 2.56. The fraction of sp³-hybridized carbons (Fsp3) is 0.500. The van der Waals surface area contributed by atoms with Crippen molar-refractivity contribution in [2.24, 2.45) is 5.16 Å². The molecule has 1 heterocycles. The zero-order valence-electron chi connectivity index (χ0n) is 12.4. The summed E-state index contributed by atoms with van der Waals surface area (Å²) < 4.78 is 0.255. The molecule has 0 unspecified atom stereocenters. The van der Waals surface area contributed by atoms with Crippen molar-refractivity contribution in [3.05, 3.63) is 28.7 Å². The Balaban J connectivity index is 2.24. The number of hydrogen-bond acceptors (Lipinski definition) is 4. The smallest absolute Gasteiger partial charge is 0.122 e. The lowest BCUT2D eigenvalue weighted by Crippen LogP contribution is -2.39. The standard InChI is InChI=1S/C16H20NO2S/c1-9-10(2)15-13(11(3)14(9)18)12(17-19-4)8-16(20-15)6-5-7-16/h5,18H,6-8H2,1-4H3. The molecule has 0 aromatic heterocycles. The minimum atomic E-state index is 0.255. The van der Waals surface area contributed by atoms with Crippen LogP contribution in [0, 0.1) is 27.2 Å². The van der Waals surface area contributed by atoms with E-state index in [2.05, 4.69) is 18.5 Å². The molecule has 1 N–H and O–H groups in total. The van der Waals surface area contributed by atoms with Crippen molar-refractivity contribution < 1.29 is 9.94 Å². The maximum Gasteiger partial charge on any atom is 0.122 e. The van der Waals surface area contributed by atoms with Crippen LogP contribution in [0.25, 0.3) is 0 Å². The van der Waals surface area contributed by atoms with E-state index >= 15 is 0 Å². The van der Waals surface area contributed by atoms with Crippen molar-refractivity contribution in [3.8, 4) is 5.75 Å². The Morgan fingerprint density at radius 1 is 1.20 bits per heavy atom. The molecule has 3 nitrogen and oxygen atoms in total. The fourth-order valence-electron chi connectivity index (χ4n) is 3.11. The third kappa shape index (κ3) is 1.85. The van der Waals surface area contributed by atoms with Crippen LogP contribution in [0.15, 0.2) is 10.1 Å². The number of oxime groups is 1. The van der Waals surface area contributed by atoms with Gasteiger partial charge in [-0.3, -0.25) is 0 Å². The third-order valence-electron chi connectivity index (χ3n) is 4.55. The number of phenols is 1. The highest BCUT2D eigenvalue weighted by molar-refractivity contribution is 8.01. The van der Waals surface area contributed by atoms with Crippen LogP contribution in [0.3, 0.4) is 0 Å². The van der Waals surface area contributed by atoms with Crippen LogP contribution in [0.1, 0.15) is 41.5 Å². The number of aromatic hydroxyl groups is 1. The van der Waals surface area contributed by atoms with Gasteiger partial charge in [0.15, 0.2) is 0 Å². The average molecular weight is 290 g/mol. The summed E-state index contributed by atoms with van der Waals surface area (Å²) >= 11 is 1.96. The Kier molecular flexibility index (Phi) is 3.24. The van der Waals surface area contributed by atoms with Crippen molar-refractivity contribution in [3.63, 3.8) is 0 Å². The summed E-state index contributed by atoms with van der Waals surface area (Å²) in [4.78, 5) is 6.32. The number of rotatable bonds is 1. The molecule has 2 aliphatic rings. The van der Waals surface area contributed by atoms with Gasteiger partial charge in [-0.1, -0.05) is 5.16 Å². The third-order valence-corrected chi connectivity index (χ3v) is 6.17. The quantitative estimate of drug-likeness (QED) is 0.798. The van der Waals surface area contributed by atoms with Gasteiger partial charge in [-0.25, -0.2) is 0 Å². The summed E-state index contributed by atoms with van der Waals surface area (Å²) in [5.41, 5.74) is 5.12. The first kappa shape index (κ1) is 13.8. The maximum absolute atomic E-state index is 10.3. The molecule has 1 aliphatic carbocycles. The molecular formula is C16H20NO2S. The molecular weight excluding hydrogens is 270 g/mol. The second kappa shape index (κ2) is 4.69. The van der Waals surface area contributed by atoms with Crippen LogP contribution >= 0.6 is 11.8 Å². The molecule has 0 amide bonds. The van der Waals surface area contributed by atoms with Crippen molar-refractivity contribution in [1.82, 2.24) is 0 Å².